The second-order valence-electron chi connectivity index (χ2n) is 4.97. The number of anilines is 1. The Morgan fingerprint density at radius 1 is 1.26 bits per heavy atom. The number of aryl methyl sites for hydroxylation is 1. The monoisotopic (exact) mass is 257 g/mol. The second-order valence-corrected chi connectivity index (χ2v) is 4.97. The maximum Gasteiger partial charge on any atom is 0.225 e. The third-order valence-corrected chi connectivity index (χ3v) is 3.54. The molecule has 2 aromatic rings. The van der Waals surface area contributed by atoms with E-state index in [2.05, 4.69) is 46.1 Å². The van der Waals surface area contributed by atoms with Crippen LogP contribution >= 0.6 is 0 Å². The van der Waals surface area contributed by atoms with E-state index < -0.39 is 5.82 Å². The van der Waals surface area contributed by atoms with E-state index in [-0.39, 0.29) is 0 Å². The van der Waals surface area contributed by atoms with Crippen LogP contribution in [0.2, 0.25) is 0 Å². The molecule has 1 aromatic carbocycles. The van der Waals surface area contributed by atoms with E-state index in [0.717, 1.165) is 19.4 Å². The zero-order chi connectivity index (χ0) is 13.2. The van der Waals surface area contributed by atoms with Crippen LogP contribution in [0.25, 0.3) is 0 Å². The average Bonchev–Trinajstić information content (AvgIpc) is 2.89. The molecule has 3 nitrogen and oxygen atoms in total. The summed E-state index contributed by atoms with van der Waals surface area (Å²) in [5.41, 5.74) is 2.54. The first-order valence-electron chi connectivity index (χ1n) is 6.55. The van der Waals surface area contributed by atoms with E-state index in [1.807, 2.05) is 0 Å². The fraction of sp³-hybridized carbons (Fsp3) is 0.333. The van der Waals surface area contributed by atoms with Crippen LogP contribution in [0.4, 0.5) is 10.3 Å². The van der Waals surface area contributed by atoms with Crippen LogP contribution in [-0.4, -0.2) is 16.5 Å². The zero-order valence-electron chi connectivity index (χ0n) is 10.9. The molecule has 1 aromatic heterocycles. The first-order chi connectivity index (χ1) is 9.24. The maximum absolute atomic E-state index is 12.9. The minimum Gasteiger partial charge on any atom is -0.334 e. The van der Waals surface area contributed by atoms with Crippen molar-refractivity contribution in [1.29, 1.82) is 0 Å². The van der Waals surface area contributed by atoms with E-state index in [9.17, 15) is 4.39 Å². The molecule has 0 radical (unpaired) electrons. The van der Waals surface area contributed by atoms with E-state index in [1.165, 1.54) is 23.5 Å². The lowest BCUT2D eigenvalue weighted by Crippen LogP contribution is -2.24. The van der Waals surface area contributed by atoms with Crippen molar-refractivity contribution in [2.24, 2.45) is 0 Å². The van der Waals surface area contributed by atoms with Gasteiger partial charge in [-0.15, -0.1) is 0 Å². The maximum atomic E-state index is 12.9. The molecule has 98 valence electrons. The Morgan fingerprint density at radius 2 is 2.05 bits per heavy atom. The summed E-state index contributed by atoms with van der Waals surface area (Å²) in [6, 6.07) is 8.81. The minimum atomic E-state index is -0.393. The molecule has 19 heavy (non-hydrogen) atoms. The summed E-state index contributed by atoms with van der Waals surface area (Å²) in [5, 5.41) is 0. The fourth-order valence-electron chi connectivity index (χ4n) is 2.68. The molecule has 0 aliphatic carbocycles. The molecule has 1 aliphatic rings. The van der Waals surface area contributed by atoms with E-state index in [0.29, 0.717) is 12.0 Å². The van der Waals surface area contributed by atoms with Crippen molar-refractivity contribution in [3.05, 3.63) is 53.6 Å². The van der Waals surface area contributed by atoms with Gasteiger partial charge in [0.05, 0.1) is 18.4 Å². The third-order valence-electron chi connectivity index (χ3n) is 3.54. The Bertz CT molecular complexity index is 568. The normalized spacial score (nSPS) is 18.8. The highest BCUT2D eigenvalue weighted by atomic mass is 19.1. The van der Waals surface area contributed by atoms with Crippen molar-refractivity contribution in [3.8, 4) is 0 Å². The van der Waals surface area contributed by atoms with E-state index in [4.69, 9.17) is 0 Å². The van der Waals surface area contributed by atoms with Crippen molar-refractivity contribution in [2.45, 2.75) is 25.8 Å². The molecule has 0 spiro atoms. The van der Waals surface area contributed by atoms with Crippen molar-refractivity contribution in [1.82, 2.24) is 9.97 Å². The van der Waals surface area contributed by atoms with E-state index in [1.54, 1.807) is 0 Å². The Kier molecular flexibility index (Phi) is 3.15. The summed E-state index contributed by atoms with van der Waals surface area (Å²) in [6.07, 6.45) is 4.66. The standard InChI is InChI=1S/C15H16FN3/c1-11-4-2-5-12(8-11)14-6-3-7-19(14)15-17-9-13(16)10-18-15/h2,4-5,8-10,14H,3,6-7H2,1H3. The molecule has 0 N–H and O–H groups in total. The largest absolute Gasteiger partial charge is 0.334 e. The number of benzene rings is 1. The highest BCUT2D eigenvalue weighted by Gasteiger charge is 2.27. The van der Waals surface area contributed by atoms with Gasteiger partial charge in [0.15, 0.2) is 5.82 Å². The molecule has 2 heterocycles. The van der Waals surface area contributed by atoms with Gasteiger partial charge in [-0.05, 0) is 25.3 Å². The smallest absolute Gasteiger partial charge is 0.225 e. The van der Waals surface area contributed by atoms with Crippen LogP contribution in [0.1, 0.15) is 30.0 Å². The van der Waals surface area contributed by atoms with Crippen molar-refractivity contribution >= 4 is 5.95 Å². The Hall–Kier alpha value is -1.97. The Morgan fingerprint density at radius 3 is 2.79 bits per heavy atom. The molecular weight excluding hydrogens is 241 g/mol. The summed E-state index contributed by atoms with van der Waals surface area (Å²) in [5.74, 6) is 0.223. The number of nitrogens with zero attached hydrogens (tertiary/aromatic N) is 3. The van der Waals surface area contributed by atoms with Crippen LogP contribution in [-0.2, 0) is 0 Å². The van der Waals surface area contributed by atoms with Crippen molar-refractivity contribution < 1.29 is 4.39 Å². The van der Waals surface area contributed by atoms with Crippen molar-refractivity contribution in [2.75, 3.05) is 11.4 Å². The number of hydrogen-bond acceptors (Lipinski definition) is 3. The summed E-state index contributed by atoms with van der Waals surface area (Å²) in [7, 11) is 0. The van der Waals surface area contributed by atoms with E-state index >= 15 is 0 Å². The van der Waals surface area contributed by atoms with Gasteiger partial charge in [-0.2, -0.15) is 0 Å². The predicted octanol–water partition coefficient (Wildman–Crippen LogP) is 3.27. The zero-order valence-corrected chi connectivity index (χ0v) is 10.9. The van der Waals surface area contributed by atoms with Crippen LogP contribution in [0.5, 0.6) is 0 Å². The van der Waals surface area contributed by atoms with Crippen molar-refractivity contribution in [3.63, 3.8) is 0 Å². The molecular formula is C15H16FN3. The van der Waals surface area contributed by atoms with Crippen LogP contribution in [0.3, 0.4) is 0 Å². The molecule has 0 amide bonds. The number of rotatable bonds is 2. The quantitative estimate of drug-likeness (QED) is 0.826. The third kappa shape index (κ3) is 2.43. The molecule has 1 aliphatic heterocycles. The number of halogens is 1. The SMILES string of the molecule is Cc1cccc(C2CCCN2c2ncc(F)cn2)c1. The minimum absolute atomic E-state index is 0.297. The van der Waals surface area contributed by atoms with Gasteiger partial charge in [0.1, 0.15) is 0 Å². The topological polar surface area (TPSA) is 29.0 Å². The molecule has 4 heteroatoms. The molecule has 1 unspecified atom stereocenters. The van der Waals surface area contributed by atoms with Gasteiger partial charge in [0.25, 0.3) is 0 Å². The molecule has 1 fully saturated rings. The summed E-state index contributed by atoms with van der Waals surface area (Å²) >= 11 is 0. The van der Waals surface area contributed by atoms with Gasteiger partial charge in [0.2, 0.25) is 5.95 Å². The molecule has 0 saturated carbocycles. The highest BCUT2D eigenvalue weighted by Crippen LogP contribution is 2.34. The lowest BCUT2D eigenvalue weighted by atomic mass is 10.0. The number of aromatic nitrogens is 2. The van der Waals surface area contributed by atoms with Gasteiger partial charge in [-0.1, -0.05) is 29.8 Å². The van der Waals surface area contributed by atoms with Crippen LogP contribution in [0, 0.1) is 12.7 Å². The van der Waals surface area contributed by atoms with Gasteiger partial charge >= 0.3 is 0 Å². The van der Waals surface area contributed by atoms with Gasteiger partial charge in [0, 0.05) is 6.54 Å². The highest BCUT2D eigenvalue weighted by molar-refractivity contribution is 5.39. The Labute approximate surface area is 112 Å². The first kappa shape index (κ1) is 12.1. The average molecular weight is 257 g/mol. The van der Waals surface area contributed by atoms with Gasteiger partial charge in [-0.25, -0.2) is 14.4 Å². The molecule has 1 saturated heterocycles. The second kappa shape index (κ2) is 4.96. The van der Waals surface area contributed by atoms with Crippen LogP contribution < -0.4 is 4.90 Å². The fourth-order valence-corrected chi connectivity index (χ4v) is 2.68. The van der Waals surface area contributed by atoms with Gasteiger partial charge < -0.3 is 4.90 Å². The lowest BCUT2D eigenvalue weighted by molar-refractivity contribution is 0.609. The molecule has 0 bridgehead atoms. The summed E-state index contributed by atoms with van der Waals surface area (Å²) < 4.78 is 12.9. The predicted molar refractivity (Wildman–Crippen MR) is 72.5 cm³/mol. The van der Waals surface area contributed by atoms with Crippen LogP contribution in [0.15, 0.2) is 36.7 Å². The summed E-state index contributed by atoms with van der Waals surface area (Å²) in [6.45, 7) is 3.02. The van der Waals surface area contributed by atoms with Gasteiger partial charge in [-0.3, -0.25) is 0 Å². The molecule has 1 atom stereocenters. The molecule has 3 rings (SSSR count). The summed E-state index contributed by atoms with van der Waals surface area (Å²) in [4.78, 5) is 10.4. The first-order valence-corrected chi connectivity index (χ1v) is 6.55. The lowest BCUT2D eigenvalue weighted by Gasteiger charge is -2.25. The Balaban J connectivity index is 1.91. The number of hydrogen-bond donors (Lipinski definition) is 0.